The summed E-state index contributed by atoms with van der Waals surface area (Å²) < 4.78 is 5.35. The van der Waals surface area contributed by atoms with Gasteiger partial charge in [-0.2, -0.15) is 0 Å². The molecule has 0 unspecified atom stereocenters. The van der Waals surface area contributed by atoms with Gasteiger partial charge in [-0.15, -0.1) is 11.8 Å². The number of nitrogens with zero attached hydrogens (tertiary/aromatic N) is 1. The van der Waals surface area contributed by atoms with Gasteiger partial charge in [-0.05, 0) is 48.4 Å². The molecule has 0 N–H and O–H groups in total. The van der Waals surface area contributed by atoms with Crippen LogP contribution in [0.1, 0.15) is 29.2 Å². The van der Waals surface area contributed by atoms with Gasteiger partial charge in [0.2, 0.25) is 0 Å². The van der Waals surface area contributed by atoms with Crippen LogP contribution in [-0.2, 0) is 6.42 Å². The molecule has 2 aromatic carbocycles. The molecule has 0 fully saturated rings. The van der Waals surface area contributed by atoms with E-state index in [1.807, 2.05) is 6.07 Å². The maximum atomic E-state index is 5.35. The molecule has 0 aliphatic carbocycles. The molecule has 1 heterocycles. The van der Waals surface area contributed by atoms with E-state index in [0.29, 0.717) is 0 Å². The lowest BCUT2D eigenvalue weighted by Gasteiger charge is -2.11. The summed E-state index contributed by atoms with van der Waals surface area (Å²) in [4.78, 5) is 5.00. The minimum atomic E-state index is 0.243. The molecule has 0 bridgehead atoms. The first-order valence-electron chi connectivity index (χ1n) is 7.16. The number of hydrogen-bond acceptors (Lipinski definition) is 3. The third-order valence-corrected chi connectivity index (χ3v) is 4.59. The van der Waals surface area contributed by atoms with Crippen LogP contribution < -0.4 is 4.74 Å². The SMILES string of the molecule is COc1ccc2c(c1)CC[C@@H](c1ccccc1)N=C2SC. The predicted octanol–water partition coefficient (Wildman–Crippen LogP) is 4.49. The Morgan fingerprint density at radius 2 is 1.95 bits per heavy atom. The Labute approximate surface area is 130 Å². The van der Waals surface area contributed by atoms with E-state index in [0.717, 1.165) is 23.6 Å². The molecule has 0 saturated heterocycles. The molecule has 2 nitrogen and oxygen atoms in total. The van der Waals surface area contributed by atoms with Gasteiger partial charge in [0.25, 0.3) is 0 Å². The van der Waals surface area contributed by atoms with E-state index in [1.165, 1.54) is 16.7 Å². The van der Waals surface area contributed by atoms with Gasteiger partial charge in [-0.25, -0.2) is 0 Å². The number of ether oxygens (including phenoxy) is 1. The standard InChI is InChI=1S/C18H19NOS/c1-20-15-9-10-16-14(12-15)8-11-17(19-18(16)21-2)13-6-4-3-5-7-13/h3-7,9-10,12,17H,8,11H2,1-2H3/t17-/m0/s1. The van der Waals surface area contributed by atoms with Crippen molar-refractivity contribution in [3.05, 3.63) is 65.2 Å². The highest BCUT2D eigenvalue weighted by molar-refractivity contribution is 8.13. The number of fused-ring (bicyclic) bond motifs is 1. The molecule has 1 aliphatic heterocycles. The Kier molecular flexibility index (Phi) is 4.30. The van der Waals surface area contributed by atoms with Crippen molar-refractivity contribution in [2.75, 3.05) is 13.4 Å². The molecule has 3 heteroatoms. The summed E-state index contributed by atoms with van der Waals surface area (Å²) in [5, 5.41) is 1.12. The van der Waals surface area contributed by atoms with E-state index in [-0.39, 0.29) is 6.04 Å². The highest BCUT2D eigenvalue weighted by Gasteiger charge is 2.19. The molecular formula is C18H19NOS. The smallest absolute Gasteiger partial charge is 0.119 e. The topological polar surface area (TPSA) is 21.6 Å². The van der Waals surface area contributed by atoms with Crippen molar-refractivity contribution < 1.29 is 4.74 Å². The fraction of sp³-hybridized carbons (Fsp3) is 0.278. The van der Waals surface area contributed by atoms with E-state index in [1.54, 1.807) is 18.9 Å². The Balaban J connectivity index is 2.00. The number of benzene rings is 2. The first kappa shape index (κ1) is 14.2. The van der Waals surface area contributed by atoms with Crippen molar-refractivity contribution in [2.24, 2.45) is 4.99 Å². The summed E-state index contributed by atoms with van der Waals surface area (Å²) in [5.74, 6) is 0.923. The van der Waals surface area contributed by atoms with Crippen LogP contribution in [0.4, 0.5) is 0 Å². The largest absolute Gasteiger partial charge is 0.497 e. The fourth-order valence-electron chi connectivity index (χ4n) is 2.76. The average Bonchev–Trinajstić information content (AvgIpc) is 2.74. The lowest BCUT2D eigenvalue weighted by molar-refractivity contribution is 0.414. The van der Waals surface area contributed by atoms with Crippen molar-refractivity contribution in [1.82, 2.24) is 0 Å². The van der Waals surface area contributed by atoms with Crippen LogP contribution in [-0.4, -0.2) is 18.4 Å². The molecular weight excluding hydrogens is 278 g/mol. The minimum Gasteiger partial charge on any atom is -0.497 e. The van der Waals surface area contributed by atoms with E-state index in [4.69, 9.17) is 9.73 Å². The first-order chi connectivity index (χ1) is 10.3. The lowest BCUT2D eigenvalue weighted by Crippen LogP contribution is -1.99. The highest BCUT2D eigenvalue weighted by atomic mass is 32.2. The number of aliphatic imine (C=N–C) groups is 1. The highest BCUT2D eigenvalue weighted by Crippen LogP contribution is 2.32. The van der Waals surface area contributed by atoms with E-state index >= 15 is 0 Å². The van der Waals surface area contributed by atoms with E-state index in [2.05, 4.69) is 48.7 Å². The second-order valence-corrected chi connectivity index (χ2v) is 5.92. The van der Waals surface area contributed by atoms with Crippen LogP contribution in [0.5, 0.6) is 5.75 Å². The minimum absolute atomic E-state index is 0.243. The summed E-state index contributed by atoms with van der Waals surface area (Å²) in [5.41, 5.74) is 3.88. The molecule has 0 aromatic heterocycles. The fourth-order valence-corrected chi connectivity index (χ4v) is 3.41. The molecule has 2 aromatic rings. The molecule has 0 spiro atoms. The second kappa shape index (κ2) is 6.35. The number of hydrogen-bond donors (Lipinski definition) is 0. The number of methoxy groups -OCH3 is 1. The Bertz CT molecular complexity index is 652. The van der Waals surface area contributed by atoms with Crippen LogP contribution in [0, 0.1) is 0 Å². The summed E-state index contributed by atoms with van der Waals surface area (Å²) in [6.45, 7) is 0. The molecule has 21 heavy (non-hydrogen) atoms. The van der Waals surface area contributed by atoms with Crippen molar-refractivity contribution in [1.29, 1.82) is 0 Å². The average molecular weight is 297 g/mol. The molecule has 3 rings (SSSR count). The van der Waals surface area contributed by atoms with E-state index < -0.39 is 0 Å². The van der Waals surface area contributed by atoms with Gasteiger partial charge in [-0.1, -0.05) is 30.3 Å². The van der Waals surface area contributed by atoms with Gasteiger partial charge in [0.15, 0.2) is 0 Å². The molecule has 0 amide bonds. The van der Waals surface area contributed by atoms with Crippen LogP contribution >= 0.6 is 11.8 Å². The number of thioether (sulfide) groups is 1. The molecule has 1 aliphatic rings. The second-order valence-electron chi connectivity index (χ2n) is 5.13. The molecule has 0 radical (unpaired) electrons. The van der Waals surface area contributed by atoms with Gasteiger partial charge in [-0.3, -0.25) is 4.99 Å². The number of aryl methyl sites for hydroxylation is 1. The van der Waals surface area contributed by atoms with Crippen molar-refractivity contribution in [2.45, 2.75) is 18.9 Å². The molecule has 0 saturated carbocycles. The Morgan fingerprint density at radius 3 is 2.67 bits per heavy atom. The Hall–Kier alpha value is -1.74. The van der Waals surface area contributed by atoms with Crippen LogP contribution in [0.2, 0.25) is 0 Å². The summed E-state index contributed by atoms with van der Waals surface area (Å²) >= 11 is 1.72. The van der Waals surface area contributed by atoms with Gasteiger partial charge >= 0.3 is 0 Å². The van der Waals surface area contributed by atoms with Crippen LogP contribution in [0.15, 0.2) is 53.5 Å². The summed E-state index contributed by atoms with van der Waals surface area (Å²) in [6, 6.07) is 17.1. The zero-order chi connectivity index (χ0) is 14.7. The van der Waals surface area contributed by atoms with Gasteiger partial charge in [0.05, 0.1) is 18.2 Å². The third kappa shape index (κ3) is 2.98. The maximum Gasteiger partial charge on any atom is 0.119 e. The molecule has 108 valence electrons. The summed E-state index contributed by atoms with van der Waals surface area (Å²) in [6.07, 6.45) is 4.16. The predicted molar refractivity (Wildman–Crippen MR) is 90.6 cm³/mol. The maximum absolute atomic E-state index is 5.35. The third-order valence-electron chi connectivity index (χ3n) is 3.88. The van der Waals surface area contributed by atoms with Crippen LogP contribution in [0.3, 0.4) is 0 Å². The quantitative estimate of drug-likeness (QED) is 0.814. The summed E-state index contributed by atoms with van der Waals surface area (Å²) in [7, 11) is 1.72. The zero-order valence-corrected chi connectivity index (χ0v) is 13.2. The lowest BCUT2D eigenvalue weighted by atomic mass is 9.99. The van der Waals surface area contributed by atoms with Crippen LogP contribution in [0.25, 0.3) is 0 Å². The first-order valence-corrected chi connectivity index (χ1v) is 8.38. The van der Waals surface area contributed by atoms with Gasteiger partial charge < -0.3 is 4.74 Å². The van der Waals surface area contributed by atoms with Crippen molar-refractivity contribution in [3.63, 3.8) is 0 Å². The van der Waals surface area contributed by atoms with Gasteiger partial charge in [0, 0.05) is 5.56 Å². The number of rotatable bonds is 2. The Morgan fingerprint density at radius 1 is 1.14 bits per heavy atom. The molecule has 1 atom stereocenters. The van der Waals surface area contributed by atoms with Gasteiger partial charge in [0.1, 0.15) is 5.75 Å². The normalized spacial score (nSPS) is 17.6. The van der Waals surface area contributed by atoms with Crippen molar-refractivity contribution >= 4 is 16.8 Å². The van der Waals surface area contributed by atoms with E-state index in [9.17, 15) is 0 Å². The zero-order valence-electron chi connectivity index (χ0n) is 12.4. The monoisotopic (exact) mass is 297 g/mol. The van der Waals surface area contributed by atoms with Crippen molar-refractivity contribution in [3.8, 4) is 5.75 Å².